The summed E-state index contributed by atoms with van der Waals surface area (Å²) in [7, 11) is -1.12. The third-order valence-corrected chi connectivity index (χ3v) is 5.34. The maximum absolute atomic E-state index is 10.2. The highest BCUT2D eigenvalue weighted by molar-refractivity contribution is 8.30. The normalized spacial score (nSPS) is 15.9. The first-order chi connectivity index (χ1) is 6.44. The first-order valence-corrected chi connectivity index (χ1v) is 7.19. The zero-order valence-corrected chi connectivity index (χ0v) is 10.5. The lowest BCUT2D eigenvalue weighted by molar-refractivity contribution is -0.108. The van der Waals surface area contributed by atoms with Gasteiger partial charge >= 0.3 is 0 Å². The van der Waals surface area contributed by atoms with E-state index in [-0.39, 0.29) is 0 Å². The molecule has 0 aromatic heterocycles. The summed E-state index contributed by atoms with van der Waals surface area (Å²) < 4.78 is 0.756. The highest BCUT2D eigenvalue weighted by atomic mass is 35.5. The van der Waals surface area contributed by atoms with Gasteiger partial charge in [-0.3, -0.25) is 4.79 Å². The Morgan fingerprint density at radius 2 is 2.21 bits per heavy atom. The molecule has 82 valence electrons. The number of amides is 1. The van der Waals surface area contributed by atoms with Crippen LogP contribution < -0.4 is 5.32 Å². The largest absolute Gasteiger partial charge is 0.333 e. The lowest BCUT2D eigenvalue weighted by Crippen LogP contribution is -2.08. The minimum Gasteiger partial charge on any atom is -0.333 e. The Bertz CT molecular complexity index is 338. The second-order valence-electron chi connectivity index (χ2n) is 3.37. The lowest BCUT2D eigenvalue weighted by Gasteiger charge is -2.10. The van der Waals surface area contributed by atoms with Crippen LogP contribution in [-0.2, 0) is 4.79 Å². The molecule has 0 bridgehead atoms. The minimum absolute atomic E-state index is 0.644. The van der Waals surface area contributed by atoms with Crippen molar-refractivity contribution in [2.24, 2.45) is 0 Å². The minimum atomic E-state index is -1.12. The topological polar surface area (TPSA) is 29.1 Å². The predicted molar refractivity (Wildman–Crippen MR) is 69.6 cm³/mol. The van der Waals surface area contributed by atoms with Gasteiger partial charge in [0.15, 0.2) is 0 Å². The van der Waals surface area contributed by atoms with Gasteiger partial charge in [0.2, 0.25) is 6.41 Å². The molecule has 0 rings (SSSR count). The van der Waals surface area contributed by atoms with Gasteiger partial charge in [0, 0.05) is 5.70 Å². The molecule has 14 heavy (non-hydrogen) atoms. The summed E-state index contributed by atoms with van der Waals surface area (Å²) >= 11 is 6.14. The smallest absolute Gasteiger partial charge is 0.211 e. The molecule has 4 heteroatoms. The molecule has 0 fully saturated rings. The van der Waals surface area contributed by atoms with Gasteiger partial charge in [-0.25, -0.2) is 0 Å². The fourth-order valence-electron chi connectivity index (χ4n) is 0.995. The molecule has 0 aliphatic rings. The Kier molecular flexibility index (Phi) is 5.96. The van der Waals surface area contributed by atoms with Crippen LogP contribution in [0.4, 0.5) is 0 Å². The van der Waals surface area contributed by atoms with Crippen LogP contribution in [-0.4, -0.2) is 28.6 Å². The molecule has 0 aromatic rings. The van der Waals surface area contributed by atoms with E-state index >= 15 is 0 Å². The van der Waals surface area contributed by atoms with Crippen molar-refractivity contribution in [3.05, 3.63) is 11.8 Å². The summed E-state index contributed by atoms with van der Waals surface area (Å²) in [6.07, 6.45) is 5.57. The Morgan fingerprint density at radius 3 is 2.64 bits per heavy atom. The zero-order valence-electron chi connectivity index (χ0n) is 8.97. The van der Waals surface area contributed by atoms with Crippen molar-refractivity contribution < 1.29 is 4.79 Å². The summed E-state index contributed by atoms with van der Waals surface area (Å²) in [4.78, 5) is 10.2. The molecule has 0 heterocycles. The van der Waals surface area contributed by atoms with E-state index in [0.29, 0.717) is 6.41 Å². The van der Waals surface area contributed by atoms with Gasteiger partial charge in [0.1, 0.15) is 0 Å². The van der Waals surface area contributed by atoms with Crippen LogP contribution in [0.5, 0.6) is 0 Å². The average molecular weight is 236 g/mol. The summed E-state index contributed by atoms with van der Waals surface area (Å²) in [6.45, 7) is 3.92. The van der Waals surface area contributed by atoms with Crippen molar-refractivity contribution >= 4 is 37.4 Å². The van der Waals surface area contributed by atoms with Crippen molar-refractivity contribution in [3.8, 4) is 0 Å². The second-order valence-corrected chi connectivity index (χ2v) is 7.40. The monoisotopic (exact) mass is 235 g/mol. The van der Waals surface area contributed by atoms with Gasteiger partial charge in [-0.2, -0.15) is 9.21 Å². The maximum atomic E-state index is 10.2. The Morgan fingerprint density at radius 1 is 1.64 bits per heavy atom. The van der Waals surface area contributed by atoms with Crippen molar-refractivity contribution in [2.45, 2.75) is 20.3 Å². The maximum Gasteiger partial charge on any atom is 0.211 e. The number of allylic oxidation sites excluding steroid dienone is 2. The molecule has 1 amide bonds. The van der Waals surface area contributed by atoms with E-state index in [4.69, 9.17) is 11.6 Å². The van der Waals surface area contributed by atoms with Crippen LogP contribution >= 0.6 is 20.8 Å². The van der Waals surface area contributed by atoms with Crippen molar-refractivity contribution in [1.82, 2.24) is 5.32 Å². The number of carbonyl (C=O) groups excluding carboxylic acids is 1. The third kappa shape index (κ3) is 4.72. The van der Waals surface area contributed by atoms with Crippen LogP contribution in [0.15, 0.2) is 11.8 Å². The molecular weight excluding hydrogens is 218 g/mol. The molecule has 0 saturated carbocycles. The van der Waals surface area contributed by atoms with E-state index in [1.54, 1.807) is 13.0 Å². The summed E-state index contributed by atoms with van der Waals surface area (Å²) in [5.74, 6) is 5.14. The van der Waals surface area contributed by atoms with E-state index in [2.05, 4.69) is 24.4 Å². The van der Waals surface area contributed by atoms with E-state index in [0.717, 1.165) is 22.2 Å². The highest BCUT2D eigenvalue weighted by Gasteiger charge is 1.99. The van der Waals surface area contributed by atoms with Crippen LogP contribution in [0.2, 0.25) is 0 Å². The molecule has 1 N–H and O–H groups in total. The number of hydrogen-bond acceptors (Lipinski definition) is 1. The molecule has 2 nitrogen and oxygen atoms in total. The number of carbonyl (C=O) groups is 1. The van der Waals surface area contributed by atoms with E-state index in [9.17, 15) is 4.79 Å². The van der Waals surface area contributed by atoms with Crippen molar-refractivity contribution in [1.29, 1.82) is 0 Å². The zero-order chi connectivity index (χ0) is 11.2. The first-order valence-electron chi connectivity index (χ1n) is 4.44. The van der Waals surface area contributed by atoms with Crippen LogP contribution in [0, 0.1) is 0 Å². The lowest BCUT2D eigenvalue weighted by atomic mass is 10.5. The van der Waals surface area contributed by atoms with E-state index in [1.807, 2.05) is 0 Å². The van der Waals surface area contributed by atoms with Gasteiger partial charge < -0.3 is 5.32 Å². The first kappa shape index (κ1) is 13.6. The Hall–Kier alpha value is -0.410. The summed E-state index contributed by atoms with van der Waals surface area (Å²) in [6, 6.07) is 0. The molecule has 0 radical (unpaired) electrons. The fraction of sp³-hybridized carbons (Fsp3) is 0.500. The predicted octanol–water partition coefficient (Wildman–Crippen LogP) is 2.28. The van der Waals surface area contributed by atoms with Gasteiger partial charge in [0.05, 0.1) is 4.32 Å². The standard InChI is InChI=1S/C10H18ClNOS/c1-5-6-14(3,4)10(11)7-9(2)12-8-13/h7-8H,3,5-6H2,1-2,4H3,(H,12,13). The molecular formula is C10H18ClNOS. The molecule has 1 atom stereocenters. The van der Waals surface area contributed by atoms with Gasteiger partial charge in [-0.1, -0.05) is 24.4 Å². The summed E-state index contributed by atoms with van der Waals surface area (Å²) in [5.41, 5.74) is 0.753. The summed E-state index contributed by atoms with van der Waals surface area (Å²) in [5, 5.41) is 2.55. The molecule has 0 aliphatic carbocycles. The van der Waals surface area contributed by atoms with Crippen LogP contribution in [0.3, 0.4) is 0 Å². The van der Waals surface area contributed by atoms with Gasteiger partial charge in [0.25, 0.3) is 0 Å². The molecule has 0 saturated heterocycles. The fourth-order valence-corrected chi connectivity index (χ4v) is 2.95. The van der Waals surface area contributed by atoms with Crippen molar-refractivity contribution in [3.63, 3.8) is 0 Å². The average Bonchev–Trinajstić information content (AvgIpc) is 2.04. The Labute approximate surface area is 91.8 Å². The Balaban J connectivity index is 4.91. The molecule has 0 aliphatic heterocycles. The number of rotatable bonds is 5. The SMILES string of the molecule is C=S(C)(CCC)=C(Cl)C=C(C)NC=O. The van der Waals surface area contributed by atoms with Crippen LogP contribution in [0.1, 0.15) is 20.3 Å². The third-order valence-electron chi connectivity index (χ3n) is 1.74. The van der Waals surface area contributed by atoms with Crippen LogP contribution in [0.25, 0.3) is 0 Å². The molecule has 0 aromatic carbocycles. The van der Waals surface area contributed by atoms with E-state index in [1.165, 1.54) is 0 Å². The quantitative estimate of drug-likeness (QED) is 0.337. The second kappa shape index (κ2) is 6.14. The number of nitrogens with one attached hydrogen (secondary N) is 1. The van der Waals surface area contributed by atoms with Gasteiger partial charge in [-0.15, -0.1) is 0 Å². The molecule has 1 unspecified atom stereocenters. The number of hydrogen-bond donors (Lipinski definition) is 1. The van der Waals surface area contributed by atoms with Gasteiger partial charge in [-0.05, 0) is 31.4 Å². The van der Waals surface area contributed by atoms with Crippen molar-refractivity contribution in [2.75, 3.05) is 12.0 Å². The van der Waals surface area contributed by atoms with E-state index < -0.39 is 9.21 Å². The highest BCUT2D eigenvalue weighted by Crippen LogP contribution is 2.23. The molecule has 0 spiro atoms. The number of halogens is 1.